The van der Waals surface area contributed by atoms with Crippen molar-refractivity contribution in [3.05, 3.63) is 59.7 Å². The molecule has 0 aliphatic heterocycles. The molecule has 28 heavy (non-hydrogen) atoms. The number of Topliss-reactive ketones (excluding diaryl/α,β-unsaturated/α-hetero) is 1. The minimum atomic E-state index is 0.317. The summed E-state index contributed by atoms with van der Waals surface area (Å²) in [6.45, 7) is 4.53. The molecule has 0 N–H and O–H groups in total. The zero-order valence-electron chi connectivity index (χ0n) is 17.8. The zero-order valence-corrected chi connectivity index (χ0v) is 17.8. The molecule has 0 amide bonds. The fourth-order valence-corrected chi connectivity index (χ4v) is 4.52. The SMILES string of the molecule is CCCCCc1ccc(-c2ccc(C(=O)CC3CCC(CC)CC3)cc2)cc1. The maximum Gasteiger partial charge on any atom is 0.163 e. The van der Waals surface area contributed by atoms with Gasteiger partial charge in [0, 0.05) is 12.0 Å². The molecule has 1 fully saturated rings. The molecule has 2 aromatic carbocycles. The smallest absolute Gasteiger partial charge is 0.163 e. The molecule has 1 heteroatoms. The third kappa shape index (κ3) is 5.80. The van der Waals surface area contributed by atoms with E-state index < -0.39 is 0 Å². The van der Waals surface area contributed by atoms with Crippen molar-refractivity contribution in [2.75, 3.05) is 0 Å². The first-order chi connectivity index (χ1) is 13.7. The fourth-order valence-electron chi connectivity index (χ4n) is 4.52. The van der Waals surface area contributed by atoms with Crippen molar-refractivity contribution in [2.45, 2.75) is 78.1 Å². The zero-order chi connectivity index (χ0) is 19.8. The lowest BCUT2D eigenvalue weighted by molar-refractivity contribution is 0.0942. The molecule has 0 spiro atoms. The third-order valence-corrected chi connectivity index (χ3v) is 6.58. The minimum absolute atomic E-state index is 0.317. The Morgan fingerprint density at radius 2 is 1.36 bits per heavy atom. The molecule has 1 aliphatic carbocycles. The van der Waals surface area contributed by atoms with Gasteiger partial charge in [-0.3, -0.25) is 4.79 Å². The summed E-state index contributed by atoms with van der Waals surface area (Å²) in [6.07, 6.45) is 12.1. The summed E-state index contributed by atoms with van der Waals surface area (Å²) in [5.74, 6) is 1.80. The van der Waals surface area contributed by atoms with Crippen LogP contribution < -0.4 is 0 Å². The van der Waals surface area contributed by atoms with Gasteiger partial charge < -0.3 is 0 Å². The minimum Gasteiger partial charge on any atom is -0.294 e. The Morgan fingerprint density at radius 1 is 0.786 bits per heavy atom. The average Bonchev–Trinajstić information content (AvgIpc) is 2.75. The first kappa shape index (κ1) is 20.8. The Morgan fingerprint density at radius 3 is 1.93 bits per heavy atom. The predicted molar refractivity (Wildman–Crippen MR) is 120 cm³/mol. The van der Waals surface area contributed by atoms with Crippen molar-refractivity contribution in [1.82, 2.24) is 0 Å². The highest BCUT2D eigenvalue weighted by Crippen LogP contribution is 2.33. The quantitative estimate of drug-likeness (QED) is 0.321. The Balaban J connectivity index is 1.55. The largest absolute Gasteiger partial charge is 0.294 e. The van der Waals surface area contributed by atoms with E-state index in [4.69, 9.17) is 0 Å². The van der Waals surface area contributed by atoms with Crippen LogP contribution >= 0.6 is 0 Å². The van der Waals surface area contributed by atoms with Crippen LogP contribution in [0.5, 0.6) is 0 Å². The van der Waals surface area contributed by atoms with Gasteiger partial charge in [-0.2, -0.15) is 0 Å². The van der Waals surface area contributed by atoms with Crippen LogP contribution in [0, 0.1) is 11.8 Å². The molecule has 0 unspecified atom stereocenters. The molecule has 1 saturated carbocycles. The maximum absolute atomic E-state index is 12.7. The monoisotopic (exact) mass is 376 g/mol. The molecular weight excluding hydrogens is 340 g/mol. The summed E-state index contributed by atoms with van der Waals surface area (Å²) >= 11 is 0. The second kappa shape index (κ2) is 10.6. The maximum atomic E-state index is 12.7. The number of rotatable bonds is 9. The van der Waals surface area contributed by atoms with Crippen LogP contribution in [-0.4, -0.2) is 5.78 Å². The Hall–Kier alpha value is -1.89. The van der Waals surface area contributed by atoms with Crippen LogP contribution in [-0.2, 0) is 6.42 Å². The molecular formula is C27H36O. The lowest BCUT2D eigenvalue weighted by Gasteiger charge is -2.27. The number of hydrogen-bond acceptors (Lipinski definition) is 1. The van der Waals surface area contributed by atoms with Gasteiger partial charge in [0.05, 0.1) is 0 Å². The third-order valence-electron chi connectivity index (χ3n) is 6.58. The molecule has 0 radical (unpaired) electrons. The summed E-state index contributed by atoms with van der Waals surface area (Å²) < 4.78 is 0. The van der Waals surface area contributed by atoms with Crippen LogP contribution in [0.15, 0.2) is 48.5 Å². The lowest BCUT2D eigenvalue weighted by atomic mass is 9.78. The van der Waals surface area contributed by atoms with Crippen LogP contribution in [0.4, 0.5) is 0 Å². The van der Waals surface area contributed by atoms with Gasteiger partial charge in [0.2, 0.25) is 0 Å². The number of unbranched alkanes of at least 4 members (excludes halogenated alkanes) is 2. The van der Waals surface area contributed by atoms with Gasteiger partial charge in [0.25, 0.3) is 0 Å². The Labute approximate surface area is 171 Å². The van der Waals surface area contributed by atoms with E-state index in [1.165, 1.54) is 74.5 Å². The molecule has 0 heterocycles. The van der Waals surface area contributed by atoms with Gasteiger partial charge in [-0.15, -0.1) is 0 Å². The summed E-state index contributed by atoms with van der Waals surface area (Å²) in [6, 6.07) is 17.2. The van der Waals surface area contributed by atoms with Crippen molar-refractivity contribution >= 4 is 5.78 Å². The fraction of sp³-hybridized carbons (Fsp3) is 0.519. The summed E-state index contributed by atoms with van der Waals surface area (Å²) in [5.41, 5.74) is 4.72. The molecule has 150 valence electrons. The molecule has 3 rings (SSSR count). The van der Waals surface area contributed by atoms with E-state index >= 15 is 0 Å². The second-order valence-electron chi connectivity index (χ2n) is 8.65. The first-order valence-electron chi connectivity index (χ1n) is 11.4. The van der Waals surface area contributed by atoms with Crippen molar-refractivity contribution in [3.63, 3.8) is 0 Å². The van der Waals surface area contributed by atoms with Gasteiger partial charge >= 0.3 is 0 Å². The van der Waals surface area contributed by atoms with Gasteiger partial charge in [-0.05, 0) is 54.2 Å². The topological polar surface area (TPSA) is 17.1 Å². The number of aryl methyl sites for hydroxylation is 1. The van der Waals surface area contributed by atoms with Crippen molar-refractivity contribution < 1.29 is 4.79 Å². The van der Waals surface area contributed by atoms with E-state index in [0.717, 1.165) is 17.9 Å². The van der Waals surface area contributed by atoms with Crippen molar-refractivity contribution in [2.24, 2.45) is 11.8 Å². The summed E-state index contributed by atoms with van der Waals surface area (Å²) in [4.78, 5) is 12.7. The van der Waals surface area contributed by atoms with E-state index in [0.29, 0.717) is 11.7 Å². The Kier molecular flexibility index (Phi) is 7.89. The highest BCUT2D eigenvalue weighted by Gasteiger charge is 2.22. The highest BCUT2D eigenvalue weighted by molar-refractivity contribution is 5.96. The molecule has 1 nitrogen and oxygen atoms in total. The van der Waals surface area contributed by atoms with Crippen LogP contribution in [0.1, 0.15) is 87.6 Å². The molecule has 0 aromatic heterocycles. The summed E-state index contributed by atoms with van der Waals surface area (Å²) in [5, 5.41) is 0. The van der Waals surface area contributed by atoms with Crippen molar-refractivity contribution in [3.8, 4) is 11.1 Å². The van der Waals surface area contributed by atoms with E-state index in [9.17, 15) is 4.79 Å². The second-order valence-corrected chi connectivity index (χ2v) is 8.65. The number of ketones is 1. The standard InChI is InChI=1S/C27H36O/c1-3-5-6-7-22-12-14-24(15-13-22)25-16-18-26(19-17-25)27(28)20-23-10-8-21(4-2)9-11-23/h12-19,21,23H,3-11,20H2,1-2H3. The van der Waals surface area contributed by atoms with E-state index in [1.54, 1.807) is 0 Å². The van der Waals surface area contributed by atoms with Crippen molar-refractivity contribution in [1.29, 1.82) is 0 Å². The molecule has 0 saturated heterocycles. The van der Waals surface area contributed by atoms with Gasteiger partial charge in [0.1, 0.15) is 0 Å². The van der Waals surface area contributed by atoms with Gasteiger partial charge in [0.15, 0.2) is 5.78 Å². The van der Waals surface area contributed by atoms with E-state index in [1.807, 2.05) is 12.1 Å². The van der Waals surface area contributed by atoms with Crippen LogP contribution in [0.2, 0.25) is 0 Å². The number of carbonyl (C=O) groups excluding carboxylic acids is 1. The molecule has 2 aromatic rings. The van der Waals surface area contributed by atoms with Gasteiger partial charge in [-0.25, -0.2) is 0 Å². The van der Waals surface area contributed by atoms with E-state index in [2.05, 4.69) is 50.2 Å². The molecule has 0 atom stereocenters. The highest BCUT2D eigenvalue weighted by atomic mass is 16.1. The molecule has 1 aliphatic rings. The lowest BCUT2D eigenvalue weighted by Crippen LogP contribution is -2.17. The first-order valence-corrected chi connectivity index (χ1v) is 11.4. The predicted octanol–water partition coefficient (Wildman–Crippen LogP) is 7.88. The Bertz CT molecular complexity index is 718. The number of benzene rings is 2. The van der Waals surface area contributed by atoms with E-state index in [-0.39, 0.29) is 0 Å². The normalized spacial score (nSPS) is 19.5. The summed E-state index contributed by atoms with van der Waals surface area (Å²) in [7, 11) is 0. The molecule has 0 bridgehead atoms. The average molecular weight is 377 g/mol. The van der Waals surface area contributed by atoms with Crippen LogP contribution in [0.25, 0.3) is 11.1 Å². The van der Waals surface area contributed by atoms with Crippen LogP contribution in [0.3, 0.4) is 0 Å². The number of carbonyl (C=O) groups is 1. The van der Waals surface area contributed by atoms with Gasteiger partial charge in [-0.1, -0.05) is 94.5 Å². The number of hydrogen-bond donors (Lipinski definition) is 0.